The summed E-state index contributed by atoms with van der Waals surface area (Å²) in [5.41, 5.74) is 8.83. The number of unbranched alkanes of at least 4 members (excludes halogenated alkanes) is 2. The molecule has 0 saturated carbocycles. The van der Waals surface area contributed by atoms with E-state index in [1.165, 1.54) is 12.1 Å². The van der Waals surface area contributed by atoms with Crippen molar-refractivity contribution in [2.45, 2.75) is 25.8 Å². The lowest BCUT2D eigenvalue weighted by molar-refractivity contribution is 0.102. The summed E-state index contributed by atoms with van der Waals surface area (Å²) in [5.74, 6) is 0.0438. The molecule has 0 aliphatic rings. The Hall–Kier alpha value is -3.91. The number of nitrogens with two attached hydrogens (primary N) is 1. The second-order valence-corrected chi connectivity index (χ2v) is 8.96. The molecule has 0 radical (unpaired) electrons. The molecule has 0 aliphatic heterocycles. The van der Waals surface area contributed by atoms with Gasteiger partial charge in [0.2, 0.25) is 0 Å². The van der Waals surface area contributed by atoms with Gasteiger partial charge in [0.15, 0.2) is 0 Å². The van der Waals surface area contributed by atoms with Gasteiger partial charge in [-0.15, -0.1) is 0 Å². The predicted molar refractivity (Wildman–Crippen MR) is 145 cm³/mol. The minimum absolute atomic E-state index is 0.300. The molecule has 8 heteroatoms. The van der Waals surface area contributed by atoms with Gasteiger partial charge in [-0.1, -0.05) is 37.3 Å². The first kappa shape index (κ1) is 26.7. The third kappa shape index (κ3) is 8.39. The summed E-state index contributed by atoms with van der Waals surface area (Å²) in [6.45, 7) is 6.57. The van der Waals surface area contributed by atoms with Crippen LogP contribution in [-0.2, 0) is 6.54 Å². The van der Waals surface area contributed by atoms with Crippen LogP contribution in [-0.4, -0.2) is 47.9 Å². The van der Waals surface area contributed by atoms with E-state index in [0.717, 1.165) is 37.9 Å². The molecular weight excluding hydrogens is 455 g/mol. The van der Waals surface area contributed by atoms with E-state index in [2.05, 4.69) is 46.1 Å². The molecule has 190 valence electrons. The number of aromatic nitrogens is 1. The molecule has 7 nitrogen and oxygen atoms in total. The number of hydrogen-bond donors (Lipinski definition) is 3. The molecule has 0 fully saturated rings. The molecule has 0 spiro atoms. The van der Waals surface area contributed by atoms with Gasteiger partial charge in [-0.3, -0.25) is 9.78 Å². The van der Waals surface area contributed by atoms with Crippen LogP contribution in [0.25, 0.3) is 0 Å². The molecule has 4 N–H and O–H groups in total. The summed E-state index contributed by atoms with van der Waals surface area (Å²) in [6, 6.07) is 17.0. The molecule has 3 rings (SSSR count). The minimum Gasteiger partial charge on any atom is -0.397 e. The lowest BCUT2D eigenvalue weighted by Gasteiger charge is -2.28. The number of carbonyl (C=O) groups excluding carboxylic acids is 1. The normalized spacial score (nSPS) is 10.8. The number of pyridine rings is 1. The molecule has 1 heterocycles. The highest BCUT2D eigenvalue weighted by atomic mass is 19.1. The van der Waals surface area contributed by atoms with E-state index in [1.54, 1.807) is 36.5 Å². The Balaban J connectivity index is 1.65. The molecule has 2 aromatic carbocycles. The lowest BCUT2D eigenvalue weighted by atomic mass is 10.2. The number of amides is 1. The number of nitrogens with one attached hydrogen (secondary N) is 2. The summed E-state index contributed by atoms with van der Waals surface area (Å²) in [5, 5.41) is 6.00. The monoisotopic (exact) mass is 490 g/mol. The van der Waals surface area contributed by atoms with Crippen LogP contribution in [0.15, 0.2) is 79.3 Å². The van der Waals surface area contributed by atoms with Gasteiger partial charge in [0.05, 0.1) is 17.2 Å². The molecule has 1 aromatic heterocycles. The fraction of sp³-hybridized carbons (Fsp3) is 0.286. The van der Waals surface area contributed by atoms with Crippen LogP contribution in [0.2, 0.25) is 0 Å². The van der Waals surface area contributed by atoms with Crippen LogP contribution >= 0.6 is 0 Å². The predicted octanol–water partition coefficient (Wildman–Crippen LogP) is 5.17. The zero-order valence-electron chi connectivity index (χ0n) is 21.0. The summed E-state index contributed by atoms with van der Waals surface area (Å²) >= 11 is 0. The summed E-state index contributed by atoms with van der Waals surface area (Å²) in [7, 11) is 4.14. The SMILES string of the molecule is C=C(Nc1cccc(F)c1)N(CCCCCN(C)C)Cc1ccc(C(=O)Nc2ccccc2N)nc1. The van der Waals surface area contributed by atoms with E-state index >= 15 is 0 Å². The first-order valence-corrected chi connectivity index (χ1v) is 12.0. The van der Waals surface area contributed by atoms with Crippen molar-refractivity contribution in [2.75, 3.05) is 43.6 Å². The number of para-hydroxylation sites is 2. The summed E-state index contributed by atoms with van der Waals surface area (Å²) in [4.78, 5) is 21.2. The number of nitrogen functional groups attached to an aromatic ring is 1. The second kappa shape index (κ2) is 13.3. The first-order chi connectivity index (χ1) is 17.3. The third-order valence-corrected chi connectivity index (χ3v) is 5.67. The number of carbonyl (C=O) groups is 1. The van der Waals surface area contributed by atoms with Gasteiger partial charge >= 0.3 is 0 Å². The van der Waals surface area contributed by atoms with Gasteiger partial charge in [-0.05, 0) is 75.4 Å². The van der Waals surface area contributed by atoms with Gasteiger partial charge in [0.1, 0.15) is 11.5 Å². The van der Waals surface area contributed by atoms with Crippen LogP contribution in [0, 0.1) is 5.82 Å². The second-order valence-electron chi connectivity index (χ2n) is 8.96. The van der Waals surface area contributed by atoms with Crippen molar-refractivity contribution in [1.29, 1.82) is 0 Å². The summed E-state index contributed by atoms with van der Waals surface area (Å²) in [6.07, 6.45) is 4.88. The third-order valence-electron chi connectivity index (χ3n) is 5.67. The molecule has 0 aliphatic carbocycles. The van der Waals surface area contributed by atoms with Crippen molar-refractivity contribution in [3.63, 3.8) is 0 Å². The molecule has 3 aromatic rings. The molecule has 0 atom stereocenters. The van der Waals surface area contributed by atoms with Gasteiger partial charge in [0.25, 0.3) is 5.91 Å². The van der Waals surface area contributed by atoms with Crippen molar-refractivity contribution in [3.8, 4) is 0 Å². The Kier molecular flexibility index (Phi) is 9.82. The Morgan fingerprint density at radius 3 is 2.47 bits per heavy atom. The first-order valence-electron chi connectivity index (χ1n) is 12.0. The maximum atomic E-state index is 13.6. The van der Waals surface area contributed by atoms with E-state index in [0.29, 0.717) is 35.1 Å². The van der Waals surface area contributed by atoms with E-state index in [1.807, 2.05) is 18.2 Å². The Labute approximate surface area is 212 Å². The van der Waals surface area contributed by atoms with E-state index in [4.69, 9.17) is 5.73 Å². The van der Waals surface area contributed by atoms with Crippen LogP contribution in [0.4, 0.5) is 21.5 Å². The highest BCUT2D eigenvalue weighted by Crippen LogP contribution is 2.19. The molecule has 0 bridgehead atoms. The highest BCUT2D eigenvalue weighted by Gasteiger charge is 2.13. The number of hydrogen-bond acceptors (Lipinski definition) is 6. The molecule has 0 unspecified atom stereocenters. The molecule has 1 amide bonds. The number of halogens is 1. The highest BCUT2D eigenvalue weighted by molar-refractivity contribution is 6.04. The average molecular weight is 491 g/mol. The van der Waals surface area contributed by atoms with Crippen molar-refractivity contribution in [2.24, 2.45) is 0 Å². The largest absolute Gasteiger partial charge is 0.397 e. The molecule has 36 heavy (non-hydrogen) atoms. The smallest absolute Gasteiger partial charge is 0.274 e. The maximum Gasteiger partial charge on any atom is 0.274 e. The van der Waals surface area contributed by atoms with Crippen LogP contribution in [0.1, 0.15) is 35.3 Å². The average Bonchev–Trinajstić information content (AvgIpc) is 2.84. The van der Waals surface area contributed by atoms with E-state index < -0.39 is 0 Å². The topological polar surface area (TPSA) is 86.5 Å². The zero-order valence-corrected chi connectivity index (χ0v) is 21.0. The number of nitrogens with zero attached hydrogens (tertiary/aromatic N) is 3. The number of anilines is 3. The van der Waals surface area contributed by atoms with Crippen molar-refractivity contribution >= 4 is 23.0 Å². The standard InChI is InChI=1S/C28H35FN6O/c1-21(32-24-11-9-10-23(29)18-24)35(17-8-4-7-16-34(2)3)20-22-14-15-27(31-19-22)28(36)33-26-13-6-5-12-25(26)30/h5-6,9-15,18-19,32H,1,4,7-8,16-17,20,30H2,2-3H3,(H,33,36). The van der Waals surface area contributed by atoms with Crippen molar-refractivity contribution in [3.05, 3.63) is 96.3 Å². The maximum absolute atomic E-state index is 13.6. The Morgan fingerprint density at radius 1 is 1.00 bits per heavy atom. The van der Waals surface area contributed by atoms with Crippen LogP contribution in [0.5, 0.6) is 0 Å². The molecule has 0 saturated heterocycles. The van der Waals surface area contributed by atoms with Crippen LogP contribution in [0.3, 0.4) is 0 Å². The van der Waals surface area contributed by atoms with Gasteiger partial charge in [-0.2, -0.15) is 0 Å². The quantitative estimate of drug-likeness (QED) is 0.226. The van der Waals surface area contributed by atoms with Gasteiger partial charge in [-0.25, -0.2) is 4.39 Å². The fourth-order valence-corrected chi connectivity index (χ4v) is 3.70. The van der Waals surface area contributed by atoms with Gasteiger partial charge in [0, 0.05) is 25.0 Å². The Morgan fingerprint density at radius 2 is 1.78 bits per heavy atom. The van der Waals surface area contributed by atoms with Crippen molar-refractivity contribution < 1.29 is 9.18 Å². The fourth-order valence-electron chi connectivity index (χ4n) is 3.70. The summed E-state index contributed by atoms with van der Waals surface area (Å²) < 4.78 is 13.6. The minimum atomic E-state index is -0.325. The number of rotatable bonds is 13. The Bertz CT molecular complexity index is 1150. The number of benzene rings is 2. The lowest BCUT2D eigenvalue weighted by Crippen LogP contribution is -2.27. The van der Waals surface area contributed by atoms with Crippen molar-refractivity contribution in [1.82, 2.24) is 14.8 Å². The van der Waals surface area contributed by atoms with Gasteiger partial charge < -0.3 is 26.2 Å². The van der Waals surface area contributed by atoms with E-state index in [-0.39, 0.29) is 11.7 Å². The zero-order chi connectivity index (χ0) is 25.9. The molecular formula is C28H35FN6O. The van der Waals surface area contributed by atoms with E-state index in [9.17, 15) is 9.18 Å². The van der Waals surface area contributed by atoms with Crippen LogP contribution < -0.4 is 16.4 Å².